The van der Waals surface area contributed by atoms with Gasteiger partial charge >= 0.3 is 12.1 Å². The van der Waals surface area contributed by atoms with Gasteiger partial charge in [-0.15, -0.1) is 6.42 Å². The minimum absolute atomic E-state index is 0.00305. The Labute approximate surface area is 189 Å². The van der Waals surface area contributed by atoms with E-state index in [1.165, 1.54) is 14.2 Å². The van der Waals surface area contributed by atoms with Gasteiger partial charge in [-0.3, -0.25) is 10.1 Å². The molecule has 1 N–H and O–H groups in total. The van der Waals surface area contributed by atoms with Crippen LogP contribution in [0.4, 0.5) is 4.79 Å². The summed E-state index contributed by atoms with van der Waals surface area (Å²) in [6.45, 7) is 10.5. The number of carbonyl (C=O) groups is 3. The molecule has 0 radical (unpaired) electrons. The Kier molecular flexibility index (Phi) is 7.41. The molecule has 1 saturated heterocycles. The van der Waals surface area contributed by atoms with Crippen molar-refractivity contribution in [3.63, 3.8) is 0 Å². The molecule has 0 unspecified atom stereocenters. The first-order chi connectivity index (χ1) is 14.8. The number of rotatable bonds is 5. The molecule has 1 atom stereocenters. The predicted molar refractivity (Wildman–Crippen MR) is 118 cm³/mol. The highest BCUT2D eigenvalue weighted by atomic mass is 28.4. The third kappa shape index (κ3) is 4.66. The van der Waals surface area contributed by atoms with Gasteiger partial charge in [0.2, 0.25) is 5.79 Å². The Morgan fingerprint density at radius 1 is 1.19 bits per heavy atom. The lowest BCUT2D eigenvalue weighted by molar-refractivity contribution is -0.159. The quantitative estimate of drug-likeness (QED) is 0.217. The number of aldehydes is 1. The Balaban J connectivity index is 2.86. The van der Waals surface area contributed by atoms with Gasteiger partial charge in [-0.05, 0) is 18.1 Å². The maximum Gasteiger partial charge on any atom is 0.411 e. The molecule has 9 nitrogen and oxygen atoms in total. The van der Waals surface area contributed by atoms with E-state index < -0.39 is 31.8 Å². The number of terminal acetylenes is 1. The third-order valence-corrected chi connectivity index (χ3v) is 10.5. The van der Waals surface area contributed by atoms with Crippen LogP contribution < -0.4 is 5.32 Å². The van der Waals surface area contributed by atoms with E-state index in [1.807, 2.05) is 33.9 Å². The number of hydrogen-bond donors (Lipinski definition) is 1. The zero-order valence-corrected chi connectivity index (χ0v) is 20.6. The summed E-state index contributed by atoms with van der Waals surface area (Å²) in [5.41, 5.74) is -1.57. The molecule has 2 rings (SSSR count). The number of carbonyl (C=O) groups excluding carboxylic acids is 3. The Bertz CT molecular complexity index is 887. The van der Waals surface area contributed by atoms with E-state index in [0.29, 0.717) is 6.29 Å². The van der Waals surface area contributed by atoms with Crippen molar-refractivity contribution in [2.45, 2.75) is 56.7 Å². The van der Waals surface area contributed by atoms with E-state index in [4.69, 9.17) is 29.8 Å². The summed E-state index contributed by atoms with van der Waals surface area (Å²) in [5, 5.41) is 2.27. The van der Waals surface area contributed by atoms with E-state index in [1.54, 1.807) is 0 Å². The van der Waals surface area contributed by atoms with Crippen molar-refractivity contribution in [1.29, 1.82) is 0 Å². The van der Waals surface area contributed by atoms with Gasteiger partial charge < -0.3 is 23.4 Å². The van der Waals surface area contributed by atoms with Crippen LogP contribution in [0.15, 0.2) is 22.9 Å². The molecular formula is C22H31NO8Si. The van der Waals surface area contributed by atoms with Gasteiger partial charge in [-0.1, -0.05) is 26.7 Å². The fourth-order valence-corrected chi connectivity index (χ4v) is 4.84. The normalized spacial score (nSPS) is 24.2. The molecular weight excluding hydrogens is 434 g/mol. The summed E-state index contributed by atoms with van der Waals surface area (Å²) >= 11 is 0. The molecule has 1 aliphatic heterocycles. The van der Waals surface area contributed by atoms with Crippen LogP contribution in [0.25, 0.3) is 0 Å². The third-order valence-electron chi connectivity index (χ3n) is 6.07. The molecule has 32 heavy (non-hydrogen) atoms. The van der Waals surface area contributed by atoms with Crippen molar-refractivity contribution >= 4 is 26.7 Å². The first kappa shape index (κ1) is 25.8. The number of alkyl carbamates (subject to hydrolysis) is 1. The molecule has 10 heteroatoms. The highest BCUT2D eigenvalue weighted by Gasteiger charge is 2.59. The fourth-order valence-electron chi connectivity index (χ4n) is 3.42. The molecule has 1 spiro atoms. The van der Waals surface area contributed by atoms with Crippen LogP contribution in [0.5, 0.6) is 0 Å². The molecule has 1 amide bonds. The minimum Gasteiger partial charge on any atom is -0.466 e. The summed E-state index contributed by atoms with van der Waals surface area (Å²) in [7, 11) is -0.171. The number of ether oxygens (including phenoxy) is 4. The Hall–Kier alpha value is -2.45. The minimum atomic E-state index is -2.56. The van der Waals surface area contributed by atoms with Gasteiger partial charge in [0.1, 0.15) is 5.60 Å². The maximum absolute atomic E-state index is 12.4. The van der Waals surface area contributed by atoms with Gasteiger partial charge in [-0.25, -0.2) is 9.59 Å². The highest BCUT2D eigenvalue weighted by molar-refractivity contribution is 6.74. The molecule has 0 saturated carbocycles. The maximum atomic E-state index is 12.4. The summed E-state index contributed by atoms with van der Waals surface area (Å²) in [6, 6.07) is 0. The van der Waals surface area contributed by atoms with Crippen molar-refractivity contribution < 1.29 is 37.8 Å². The van der Waals surface area contributed by atoms with Crippen molar-refractivity contribution in [1.82, 2.24) is 5.32 Å². The average Bonchev–Trinajstić information content (AvgIpc) is 3.18. The first-order valence-electron chi connectivity index (χ1n) is 10.1. The average molecular weight is 466 g/mol. The fraction of sp³-hybridized carbons (Fsp3) is 0.591. The summed E-state index contributed by atoms with van der Waals surface area (Å²) in [6.07, 6.45) is 6.68. The molecule has 1 aliphatic carbocycles. The number of amides is 1. The predicted octanol–water partition coefficient (Wildman–Crippen LogP) is 2.44. The molecule has 1 fully saturated rings. The Morgan fingerprint density at radius 2 is 1.78 bits per heavy atom. The smallest absolute Gasteiger partial charge is 0.411 e. The second-order valence-electron chi connectivity index (χ2n) is 9.06. The van der Waals surface area contributed by atoms with Crippen LogP contribution in [0, 0.1) is 12.3 Å². The first-order valence-corrected chi connectivity index (χ1v) is 13.0. The van der Waals surface area contributed by atoms with Crippen LogP contribution in [-0.2, 0) is 33.0 Å². The van der Waals surface area contributed by atoms with Crippen LogP contribution in [0.1, 0.15) is 27.2 Å². The topological polar surface area (TPSA) is 109 Å². The van der Waals surface area contributed by atoms with Crippen LogP contribution in [0.2, 0.25) is 18.1 Å². The number of nitrogens with one attached hydrogen (secondary N) is 1. The second kappa shape index (κ2) is 9.19. The van der Waals surface area contributed by atoms with Crippen molar-refractivity contribution in [3.05, 3.63) is 22.9 Å². The summed E-state index contributed by atoms with van der Waals surface area (Å²) in [4.78, 5) is 36.7. The van der Waals surface area contributed by atoms with E-state index in [9.17, 15) is 14.4 Å². The standard InChI is InChI=1S/C22H31NO8Si/c1-9-21(31-32(7,8)20(2,3)4)14-22(29-10-11-30-22)18(23-19(26)28-6)15(13-24)16(21)12-17(25)27-5/h1,12-13H,10-11,14H2,2-8H3,(H,23,26)/b16-12+/t21-/m0/s1. The number of esters is 1. The van der Waals surface area contributed by atoms with Gasteiger partial charge in [-0.2, -0.15) is 0 Å². The van der Waals surface area contributed by atoms with Gasteiger partial charge in [0, 0.05) is 17.2 Å². The molecule has 1 heterocycles. The Morgan fingerprint density at radius 3 is 2.22 bits per heavy atom. The van der Waals surface area contributed by atoms with Crippen LogP contribution in [-0.4, -0.2) is 65.5 Å². The zero-order chi connectivity index (χ0) is 24.4. The van der Waals surface area contributed by atoms with E-state index >= 15 is 0 Å². The lowest BCUT2D eigenvalue weighted by Gasteiger charge is -2.49. The van der Waals surface area contributed by atoms with E-state index in [-0.39, 0.29) is 41.5 Å². The largest absolute Gasteiger partial charge is 0.466 e. The zero-order valence-electron chi connectivity index (χ0n) is 19.6. The van der Waals surface area contributed by atoms with Crippen molar-refractivity contribution in [3.8, 4) is 12.3 Å². The molecule has 0 bridgehead atoms. The number of methoxy groups -OCH3 is 2. The highest BCUT2D eigenvalue weighted by Crippen LogP contribution is 2.51. The molecule has 0 aromatic carbocycles. The second-order valence-corrected chi connectivity index (χ2v) is 13.8. The molecule has 176 valence electrons. The van der Waals surface area contributed by atoms with Crippen LogP contribution in [0.3, 0.4) is 0 Å². The van der Waals surface area contributed by atoms with E-state index in [0.717, 1.165) is 6.08 Å². The molecule has 0 aromatic heterocycles. The number of hydrogen-bond acceptors (Lipinski definition) is 8. The van der Waals surface area contributed by atoms with Gasteiger partial charge in [0.05, 0.1) is 39.6 Å². The summed E-state index contributed by atoms with van der Waals surface area (Å²) in [5.74, 6) is 0.368. The lowest BCUT2D eigenvalue weighted by atomic mass is 9.75. The summed E-state index contributed by atoms with van der Waals surface area (Å²) < 4.78 is 28.0. The SMILES string of the molecule is C#C[C@]1(O[Si](C)(C)C(C)(C)C)CC2(OCCO2)C(NC(=O)OC)=C(C=O)/C1=C\C(=O)OC. The van der Waals surface area contributed by atoms with Gasteiger partial charge in [0.15, 0.2) is 14.6 Å². The lowest BCUT2D eigenvalue weighted by Crippen LogP contribution is -2.58. The molecule has 2 aliphatic rings. The molecule has 0 aromatic rings. The van der Waals surface area contributed by atoms with E-state index in [2.05, 4.69) is 11.2 Å². The van der Waals surface area contributed by atoms with Gasteiger partial charge in [0.25, 0.3) is 0 Å². The van der Waals surface area contributed by atoms with Crippen LogP contribution >= 0.6 is 0 Å². The van der Waals surface area contributed by atoms with Crippen molar-refractivity contribution in [2.24, 2.45) is 0 Å². The van der Waals surface area contributed by atoms with Crippen molar-refractivity contribution in [2.75, 3.05) is 27.4 Å². The monoisotopic (exact) mass is 465 g/mol.